The Kier molecular flexibility index (Phi) is 3.98. The van der Waals surface area contributed by atoms with E-state index < -0.39 is 5.97 Å². The Labute approximate surface area is 111 Å². The van der Waals surface area contributed by atoms with Gasteiger partial charge in [-0.05, 0) is 19.1 Å². The van der Waals surface area contributed by atoms with E-state index in [1.807, 2.05) is 48.5 Å². The number of rotatable bonds is 4. The van der Waals surface area contributed by atoms with Crippen LogP contribution in [0.25, 0.3) is 5.76 Å². The third kappa shape index (κ3) is 3.22. The maximum Gasteiger partial charge on any atom is 0.335 e. The molecule has 0 aliphatic heterocycles. The van der Waals surface area contributed by atoms with Crippen LogP contribution in [0.5, 0.6) is 5.75 Å². The SMILES string of the molecule is CC(C(=O)O)=C(Oc1ccccc1)c1ccccc1. The van der Waals surface area contributed by atoms with Gasteiger partial charge in [0.1, 0.15) is 11.5 Å². The highest BCUT2D eigenvalue weighted by atomic mass is 16.5. The molecule has 0 radical (unpaired) electrons. The Morgan fingerprint density at radius 2 is 1.47 bits per heavy atom. The largest absolute Gasteiger partial charge is 0.478 e. The average molecular weight is 254 g/mol. The molecule has 2 aromatic carbocycles. The molecule has 0 amide bonds. The van der Waals surface area contributed by atoms with E-state index in [-0.39, 0.29) is 5.57 Å². The van der Waals surface area contributed by atoms with Crippen LogP contribution in [0, 0.1) is 0 Å². The fourth-order valence-corrected chi connectivity index (χ4v) is 1.65. The molecular formula is C16H14O3. The number of aliphatic carboxylic acids is 1. The number of carboxylic acids is 1. The van der Waals surface area contributed by atoms with E-state index in [0.29, 0.717) is 11.5 Å². The van der Waals surface area contributed by atoms with Crippen LogP contribution in [0.3, 0.4) is 0 Å². The van der Waals surface area contributed by atoms with Gasteiger partial charge in [0.25, 0.3) is 0 Å². The third-order valence-electron chi connectivity index (χ3n) is 2.66. The van der Waals surface area contributed by atoms with Gasteiger partial charge in [0.2, 0.25) is 0 Å². The number of carbonyl (C=O) groups is 1. The molecule has 0 aliphatic carbocycles. The molecule has 19 heavy (non-hydrogen) atoms. The van der Waals surface area contributed by atoms with Gasteiger partial charge < -0.3 is 9.84 Å². The van der Waals surface area contributed by atoms with Crippen LogP contribution in [0.15, 0.2) is 66.2 Å². The molecule has 0 spiro atoms. The third-order valence-corrected chi connectivity index (χ3v) is 2.66. The second-order valence-electron chi connectivity index (χ2n) is 4.04. The second-order valence-corrected chi connectivity index (χ2v) is 4.04. The second kappa shape index (κ2) is 5.87. The summed E-state index contributed by atoms with van der Waals surface area (Å²) in [4.78, 5) is 11.2. The van der Waals surface area contributed by atoms with Crippen LogP contribution in [0.1, 0.15) is 12.5 Å². The van der Waals surface area contributed by atoms with E-state index in [2.05, 4.69) is 0 Å². The first-order valence-corrected chi connectivity index (χ1v) is 5.91. The Morgan fingerprint density at radius 1 is 0.947 bits per heavy atom. The molecular weight excluding hydrogens is 240 g/mol. The number of hydrogen-bond donors (Lipinski definition) is 1. The van der Waals surface area contributed by atoms with Crippen molar-refractivity contribution in [2.45, 2.75) is 6.92 Å². The van der Waals surface area contributed by atoms with Crippen molar-refractivity contribution in [2.75, 3.05) is 0 Å². The highest BCUT2D eigenvalue weighted by molar-refractivity contribution is 5.94. The van der Waals surface area contributed by atoms with Crippen molar-refractivity contribution in [1.29, 1.82) is 0 Å². The van der Waals surface area contributed by atoms with Crippen LogP contribution in [-0.2, 0) is 4.79 Å². The van der Waals surface area contributed by atoms with Gasteiger partial charge in [0.15, 0.2) is 0 Å². The molecule has 2 rings (SSSR count). The molecule has 0 aliphatic rings. The first-order valence-electron chi connectivity index (χ1n) is 5.91. The first kappa shape index (κ1) is 12.9. The lowest BCUT2D eigenvalue weighted by atomic mass is 10.1. The summed E-state index contributed by atoms with van der Waals surface area (Å²) in [6.45, 7) is 1.54. The predicted molar refractivity (Wildman–Crippen MR) is 73.7 cm³/mol. The number of para-hydroxylation sites is 1. The highest BCUT2D eigenvalue weighted by Gasteiger charge is 2.13. The van der Waals surface area contributed by atoms with Gasteiger partial charge in [0, 0.05) is 5.56 Å². The minimum Gasteiger partial charge on any atom is -0.478 e. The van der Waals surface area contributed by atoms with Crippen molar-refractivity contribution in [3.63, 3.8) is 0 Å². The van der Waals surface area contributed by atoms with Crippen LogP contribution in [-0.4, -0.2) is 11.1 Å². The van der Waals surface area contributed by atoms with Crippen molar-refractivity contribution >= 4 is 11.7 Å². The molecule has 0 bridgehead atoms. The minimum absolute atomic E-state index is 0.176. The first-order chi connectivity index (χ1) is 9.18. The fraction of sp³-hybridized carbons (Fsp3) is 0.0625. The molecule has 1 N–H and O–H groups in total. The lowest BCUT2D eigenvalue weighted by Gasteiger charge is -2.12. The summed E-state index contributed by atoms with van der Waals surface area (Å²) >= 11 is 0. The van der Waals surface area contributed by atoms with Crippen molar-refractivity contribution in [3.05, 3.63) is 71.8 Å². The van der Waals surface area contributed by atoms with Gasteiger partial charge in [-0.25, -0.2) is 4.79 Å². The number of ether oxygens (including phenoxy) is 1. The van der Waals surface area contributed by atoms with Crippen molar-refractivity contribution in [1.82, 2.24) is 0 Å². The fourth-order valence-electron chi connectivity index (χ4n) is 1.65. The monoisotopic (exact) mass is 254 g/mol. The predicted octanol–water partition coefficient (Wildman–Crippen LogP) is 3.58. The van der Waals surface area contributed by atoms with E-state index in [1.165, 1.54) is 6.92 Å². The van der Waals surface area contributed by atoms with E-state index in [9.17, 15) is 4.79 Å². The van der Waals surface area contributed by atoms with Gasteiger partial charge in [-0.15, -0.1) is 0 Å². The van der Waals surface area contributed by atoms with Crippen LogP contribution in [0.4, 0.5) is 0 Å². The Morgan fingerprint density at radius 3 is 2.00 bits per heavy atom. The molecule has 0 saturated carbocycles. The Hall–Kier alpha value is -2.55. The maximum absolute atomic E-state index is 11.2. The standard InChI is InChI=1S/C16H14O3/c1-12(16(17)18)15(13-8-4-2-5-9-13)19-14-10-6-3-7-11-14/h2-11H,1H3,(H,17,18). The van der Waals surface area contributed by atoms with E-state index in [4.69, 9.17) is 9.84 Å². The van der Waals surface area contributed by atoms with E-state index in [0.717, 1.165) is 5.56 Å². The Bertz CT molecular complexity index is 586. The zero-order chi connectivity index (χ0) is 13.7. The summed E-state index contributed by atoms with van der Waals surface area (Å²) < 4.78 is 5.72. The van der Waals surface area contributed by atoms with Crippen molar-refractivity contribution < 1.29 is 14.6 Å². The van der Waals surface area contributed by atoms with E-state index in [1.54, 1.807) is 12.1 Å². The number of benzene rings is 2. The van der Waals surface area contributed by atoms with Crippen LogP contribution >= 0.6 is 0 Å². The average Bonchev–Trinajstić information content (AvgIpc) is 2.46. The quantitative estimate of drug-likeness (QED) is 0.670. The topological polar surface area (TPSA) is 46.5 Å². The molecule has 0 saturated heterocycles. The zero-order valence-corrected chi connectivity index (χ0v) is 10.5. The van der Waals surface area contributed by atoms with Gasteiger partial charge in [-0.3, -0.25) is 0 Å². The summed E-state index contributed by atoms with van der Waals surface area (Å²) in [7, 11) is 0. The summed E-state index contributed by atoms with van der Waals surface area (Å²) in [5.41, 5.74) is 0.918. The van der Waals surface area contributed by atoms with Crippen LogP contribution in [0.2, 0.25) is 0 Å². The smallest absolute Gasteiger partial charge is 0.335 e. The molecule has 96 valence electrons. The molecule has 0 heterocycles. The van der Waals surface area contributed by atoms with Gasteiger partial charge in [-0.1, -0.05) is 48.5 Å². The van der Waals surface area contributed by atoms with Gasteiger partial charge >= 0.3 is 5.97 Å². The normalized spacial score (nSPS) is 11.6. The molecule has 0 unspecified atom stereocenters. The summed E-state index contributed by atoms with van der Waals surface area (Å²) in [5.74, 6) is -0.0176. The Balaban J connectivity index is 2.42. The van der Waals surface area contributed by atoms with Gasteiger partial charge in [-0.2, -0.15) is 0 Å². The lowest BCUT2D eigenvalue weighted by Crippen LogP contribution is -2.05. The van der Waals surface area contributed by atoms with Gasteiger partial charge in [0.05, 0.1) is 5.57 Å². The molecule has 2 aromatic rings. The molecule has 3 heteroatoms. The number of carboxylic acid groups (broad SMARTS) is 1. The molecule has 0 atom stereocenters. The molecule has 0 fully saturated rings. The molecule has 3 nitrogen and oxygen atoms in total. The molecule has 0 aromatic heterocycles. The highest BCUT2D eigenvalue weighted by Crippen LogP contribution is 2.23. The van der Waals surface area contributed by atoms with E-state index >= 15 is 0 Å². The van der Waals surface area contributed by atoms with Crippen LogP contribution < -0.4 is 4.74 Å². The summed E-state index contributed by atoms with van der Waals surface area (Å²) in [6.07, 6.45) is 0. The minimum atomic E-state index is -0.991. The maximum atomic E-state index is 11.2. The lowest BCUT2D eigenvalue weighted by molar-refractivity contribution is -0.132. The number of hydrogen-bond acceptors (Lipinski definition) is 2. The zero-order valence-electron chi connectivity index (χ0n) is 10.5. The van der Waals surface area contributed by atoms with Crippen molar-refractivity contribution in [2.24, 2.45) is 0 Å². The summed E-state index contributed by atoms with van der Waals surface area (Å²) in [6, 6.07) is 18.4. The van der Waals surface area contributed by atoms with Crippen molar-refractivity contribution in [3.8, 4) is 5.75 Å². The summed E-state index contributed by atoms with van der Waals surface area (Å²) in [5, 5.41) is 9.15.